The second kappa shape index (κ2) is 8.71. The maximum atomic E-state index is 11.4. The van der Waals surface area contributed by atoms with E-state index in [0.717, 1.165) is 10.3 Å². The largest absolute Gasteiger partial charge is 0.619 e. The number of hydrogen-bond donors (Lipinski definition) is 1. The van der Waals surface area contributed by atoms with E-state index in [1.54, 1.807) is 29.3 Å². The highest BCUT2D eigenvalue weighted by molar-refractivity contribution is 8.93. The molecule has 0 radical (unpaired) electrons. The fourth-order valence-corrected chi connectivity index (χ4v) is 2.81. The zero-order chi connectivity index (χ0) is 17.1. The number of guanidine groups is 1. The highest BCUT2D eigenvalue weighted by Gasteiger charge is 2.23. The molecule has 9 heteroatoms. The van der Waals surface area contributed by atoms with Gasteiger partial charge in [0.1, 0.15) is 11.8 Å². The molecule has 3 rings (SSSR count). The average Bonchev–Trinajstić information content (AvgIpc) is 2.98. The number of rotatable bonds is 4. The lowest BCUT2D eigenvalue weighted by Gasteiger charge is -2.22. The SMILES string of the molecule is Br.CC(ON1CCN/C1=N\c1c(Cl)cccc1Cl)c1ccc[n+]([O-])c1. The van der Waals surface area contributed by atoms with Crippen molar-refractivity contribution in [2.75, 3.05) is 13.1 Å². The Labute approximate surface area is 166 Å². The van der Waals surface area contributed by atoms with Crippen molar-refractivity contribution in [2.24, 2.45) is 4.99 Å². The average molecular weight is 448 g/mol. The molecule has 1 N–H and O–H groups in total. The zero-order valence-electron chi connectivity index (χ0n) is 13.4. The second-order valence-corrected chi connectivity index (χ2v) is 6.09. The minimum Gasteiger partial charge on any atom is -0.619 e. The number of aliphatic imine (C=N–C) groups is 1. The third kappa shape index (κ3) is 4.76. The molecule has 1 aromatic carbocycles. The van der Waals surface area contributed by atoms with E-state index in [9.17, 15) is 5.21 Å². The van der Waals surface area contributed by atoms with Gasteiger partial charge in [-0.25, -0.2) is 10.1 Å². The smallest absolute Gasteiger partial charge is 0.223 e. The van der Waals surface area contributed by atoms with Gasteiger partial charge in [-0.05, 0) is 25.1 Å². The molecule has 0 aliphatic carbocycles. The fraction of sp³-hybridized carbons (Fsp3) is 0.250. The van der Waals surface area contributed by atoms with Gasteiger partial charge in [0, 0.05) is 18.2 Å². The standard InChI is InChI=1S/C16H16Cl2N4O2.BrH/c1-11(12-4-3-8-21(23)10-12)24-22-9-7-19-16(22)20-15-13(17)5-2-6-14(15)18;/h2-6,8,10-11H,7,9H2,1H3,(H,19,20);1H. The molecule has 1 aliphatic rings. The van der Waals surface area contributed by atoms with E-state index in [0.29, 0.717) is 34.8 Å². The van der Waals surface area contributed by atoms with E-state index >= 15 is 0 Å². The van der Waals surface area contributed by atoms with Crippen LogP contribution in [0.5, 0.6) is 0 Å². The first-order valence-corrected chi connectivity index (χ1v) is 8.20. The molecule has 1 fully saturated rings. The minimum absolute atomic E-state index is 0. The molecule has 25 heavy (non-hydrogen) atoms. The van der Waals surface area contributed by atoms with Crippen LogP contribution in [-0.2, 0) is 4.84 Å². The monoisotopic (exact) mass is 446 g/mol. The number of nitrogens with zero attached hydrogens (tertiary/aromatic N) is 3. The Morgan fingerprint density at radius 3 is 2.68 bits per heavy atom. The Morgan fingerprint density at radius 1 is 1.28 bits per heavy atom. The predicted octanol–water partition coefficient (Wildman–Crippen LogP) is 3.79. The number of para-hydroxylation sites is 1. The van der Waals surface area contributed by atoms with Crippen molar-refractivity contribution < 1.29 is 9.57 Å². The number of hydroxylamine groups is 2. The first-order valence-electron chi connectivity index (χ1n) is 7.44. The van der Waals surface area contributed by atoms with Crippen molar-refractivity contribution in [2.45, 2.75) is 13.0 Å². The summed E-state index contributed by atoms with van der Waals surface area (Å²) in [5, 5.41) is 17.1. The Balaban J connectivity index is 0.00000225. The van der Waals surface area contributed by atoms with Crippen LogP contribution in [0.2, 0.25) is 10.0 Å². The molecule has 6 nitrogen and oxygen atoms in total. The molecule has 0 saturated carbocycles. The summed E-state index contributed by atoms with van der Waals surface area (Å²) < 4.78 is 0.746. The third-order valence-electron chi connectivity index (χ3n) is 3.54. The third-order valence-corrected chi connectivity index (χ3v) is 4.15. The van der Waals surface area contributed by atoms with Crippen LogP contribution in [0.25, 0.3) is 0 Å². The Bertz CT molecular complexity index is 755. The second-order valence-electron chi connectivity index (χ2n) is 5.28. The first-order chi connectivity index (χ1) is 11.5. The van der Waals surface area contributed by atoms with E-state index in [2.05, 4.69) is 10.3 Å². The molecule has 0 spiro atoms. The number of benzene rings is 1. The van der Waals surface area contributed by atoms with Crippen molar-refractivity contribution in [1.82, 2.24) is 10.4 Å². The summed E-state index contributed by atoms with van der Waals surface area (Å²) in [6, 6.07) is 8.74. The Morgan fingerprint density at radius 2 is 2.00 bits per heavy atom. The summed E-state index contributed by atoms with van der Waals surface area (Å²) in [5.74, 6) is 0.530. The summed E-state index contributed by atoms with van der Waals surface area (Å²) in [6.07, 6.45) is 2.61. The molecule has 1 saturated heterocycles. The van der Waals surface area contributed by atoms with Gasteiger partial charge in [-0.1, -0.05) is 29.3 Å². The lowest BCUT2D eigenvalue weighted by Crippen LogP contribution is -2.32. The van der Waals surface area contributed by atoms with Gasteiger partial charge < -0.3 is 10.5 Å². The number of halogens is 3. The minimum atomic E-state index is -0.307. The van der Waals surface area contributed by atoms with E-state index in [-0.39, 0.29) is 23.1 Å². The van der Waals surface area contributed by atoms with E-state index < -0.39 is 0 Å². The summed E-state index contributed by atoms with van der Waals surface area (Å²) in [4.78, 5) is 10.4. The van der Waals surface area contributed by atoms with Crippen LogP contribution >= 0.6 is 40.2 Å². The van der Waals surface area contributed by atoms with Crippen LogP contribution in [0.1, 0.15) is 18.6 Å². The van der Waals surface area contributed by atoms with Crippen molar-refractivity contribution in [1.29, 1.82) is 0 Å². The van der Waals surface area contributed by atoms with Gasteiger partial charge in [0.05, 0.1) is 16.6 Å². The highest BCUT2D eigenvalue weighted by Crippen LogP contribution is 2.33. The number of aromatic nitrogens is 1. The van der Waals surface area contributed by atoms with Crippen LogP contribution in [0.3, 0.4) is 0 Å². The van der Waals surface area contributed by atoms with Crippen LogP contribution in [0.15, 0.2) is 47.7 Å². The lowest BCUT2D eigenvalue weighted by atomic mass is 10.2. The quantitative estimate of drug-likeness (QED) is 0.572. The summed E-state index contributed by atoms with van der Waals surface area (Å²) in [7, 11) is 0. The van der Waals surface area contributed by atoms with Crippen LogP contribution in [0, 0.1) is 5.21 Å². The molecule has 0 bridgehead atoms. The van der Waals surface area contributed by atoms with Gasteiger partial charge in [0.2, 0.25) is 5.96 Å². The van der Waals surface area contributed by atoms with Crippen molar-refractivity contribution in [3.63, 3.8) is 0 Å². The van der Waals surface area contributed by atoms with E-state index in [1.165, 1.54) is 12.4 Å². The zero-order valence-corrected chi connectivity index (χ0v) is 16.6. The number of nitrogens with one attached hydrogen (secondary N) is 1. The van der Waals surface area contributed by atoms with E-state index in [1.807, 2.05) is 13.0 Å². The molecule has 134 valence electrons. The molecule has 0 amide bonds. The van der Waals surface area contributed by atoms with Crippen molar-refractivity contribution >= 4 is 51.8 Å². The van der Waals surface area contributed by atoms with Gasteiger partial charge in [-0.2, -0.15) is 4.73 Å². The molecule has 1 aromatic heterocycles. The van der Waals surface area contributed by atoms with Crippen LogP contribution < -0.4 is 10.0 Å². The fourth-order valence-electron chi connectivity index (χ4n) is 2.33. The molecule has 1 atom stereocenters. The maximum absolute atomic E-state index is 11.4. The van der Waals surface area contributed by atoms with Crippen LogP contribution in [-0.4, -0.2) is 24.1 Å². The van der Waals surface area contributed by atoms with Gasteiger partial charge in [0.25, 0.3) is 0 Å². The normalized spacial score (nSPS) is 16.4. The van der Waals surface area contributed by atoms with E-state index in [4.69, 9.17) is 28.0 Å². The van der Waals surface area contributed by atoms with Gasteiger partial charge in [0.15, 0.2) is 12.4 Å². The molecule has 2 aromatic rings. The van der Waals surface area contributed by atoms with Gasteiger partial charge in [-0.15, -0.1) is 17.0 Å². The van der Waals surface area contributed by atoms with Gasteiger partial charge >= 0.3 is 0 Å². The summed E-state index contributed by atoms with van der Waals surface area (Å²) in [5.41, 5.74) is 1.26. The van der Waals surface area contributed by atoms with Crippen molar-refractivity contribution in [3.8, 4) is 0 Å². The molecule has 1 aliphatic heterocycles. The maximum Gasteiger partial charge on any atom is 0.223 e. The predicted molar refractivity (Wildman–Crippen MR) is 103 cm³/mol. The topological polar surface area (TPSA) is 63.8 Å². The van der Waals surface area contributed by atoms with Gasteiger partial charge in [-0.3, -0.25) is 4.84 Å². The van der Waals surface area contributed by atoms with Crippen molar-refractivity contribution in [3.05, 3.63) is 63.5 Å². The molecular formula is C16H17BrCl2N4O2. The lowest BCUT2D eigenvalue weighted by molar-refractivity contribution is -0.606. The highest BCUT2D eigenvalue weighted by atomic mass is 79.9. The Kier molecular flexibility index (Phi) is 6.89. The summed E-state index contributed by atoms with van der Waals surface area (Å²) >= 11 is 12.3. The number of pyridine rings is 1. The number of hydrogen-bond acceptors (Lipinski definition) is 3. The molecule has 2 heterocycles. The summed E-state index contributed by atoms with van der Waals surface area (Å²) in [6.45, 7) is 3.17. The molecular weight excluding hydrogens is 431 g/mol. The molecule has 1 unspecified atom stereocenters. The van der Waals surface area contributed by atoms with Crippen LogP contribution in [0.4, 0.5) is 5.69 Å². The first kappa shape index (κ1) is 19.8. The Hall–Kier alpha value is -1.54.